The Balaban J connectivity index is 0.735. The molecule has 0 radical (unpaired) electrons. The highest BCUT2D eigenvalue weighted by Crippen LogP contribution is 2.42. The summed E-state index contributed by atoms with van der Waals surface area (Å²) in [6.07, 6.45) is 8.33. The summed E-state index contributed by atoms with van der Waals surface area (Å²) in [7, 11) is 3.40. The molecule has 5 aromatic rings. The number of hydrogen-bond acceptors (Lipinski definition) is 13. The van der Waals surface area contributed by atoms with Crippen LogP contribution in [0, 0.1) is 11.2 Å². The van der Waals surface area contributed by atoms with Gasteiger partial charge in [0.05, 0.1) is 69.0 Å². The number of nitrogen functional groups attached to an aromatic ring is 1. The van der Waals surface area contributed by atoms with Crippen molar-refractivity contribution in [3.8, 4) is 16.9 Å². The lowest BCUT2D eigenvalue weighted by atomic mass is 9.83. The maximum atomic E-state index is 14.7. The molecular weight excluding hydrogens is 1020 g/mol. The van der Waals surface area contributed by atoms with E-state index in [1.165, 1.54) is 17.7 Å². The van der Waals surface area contributed by atoms with Crippen LogP contribution in [-0.2, 0) is 61.1 Å². The third-order valence-electron chi connectivity index (χ3n) is 15.8. The summed E-state index contributed by atoms with van der Waals surface area (Å²) in [5, 5.41) is 17.0. The van der Waals surface area contributed by atoms with Crippen molar-refractivity contribution in [1.82, 2.24) is 45.8 Å². The fraction of sp³-hybridized carbons (Fsp3) is 0.483. The fourth-order valence-corrected chi connectivity index (χ4v) is 11.3. The van der Waals surface area contributed by atoms with Crippen molar-refractivity contribution in [1.29, 1.82) is 0 Å². The van der Waals surface area contributed by atoms with Gasteiger partial charge in [-0.3, -0.25) is 28.7 Å². The van der Waals surface area contributed by atoms with Crippen molar-refractivity contribution in [2.45, 2.75) is 122 Å². The first-order valence-corrected chi connectivity index (χ1v) is 27.9. The number of benzene rings is 3. The molecule has 3 aromatic carbocycles. The highest BCUT2D eigenvalue weighted by Gasteiger charge is 2.43. The molecule has 0 saturated carbocycles. The maximum Gasteiger partial charge on any atom is 0.254 e. The fourth-order valence-electron chi connectivity index (χ4n) is 11.3. The zero-order chi connectivity index (χ0) is 56.7. The number of nitrogens with zero attached hydrogens (tertiary/aromatic N) is 6. The average Bonchev–Trinajstić information content (AvgIpc) is 4.21. The number of rotatable bonds is 19. The molecule has 426 valence electrons. The van der Waals surface area contributed by atoms with Gasteiger partial charge in [-0.15, -0.1) is 0 Å². The SMILES string of the molecule is CN[C@@H](C)C(=O)N[C@H](C(=O)N1Cc2cc(OCCOCCOCCC(=O)NCCn3cc4c(n3)CN(C)C(=O)c3ccc(F)cc3[C@H]3CCCN3c3cc-4cnc3N)ccc2C[C@H]1C(=O)N[C@@H]1CCCc2ccccc21)C(C)(C)C. The van der Waals surface area contributed by atoms with E-state index in [1.807, 2.05) is 63.4 Å². The van der Waals surface area contributed by atoms with E-state index >= 15 is 0 Å². The number of pyridine rings is 1. The number of fused-ring (bicyclic) bond motifs is 10. The second-order valence-electron chi connectivity index (χ2n) is 22.4. The number of aryl methyl sites for hydroxylation is 1. The van der Waals surface area contributed by atoms with Gasteiger partial charge in [0.25, 0.3) is 5.91 Å². The van der Waals surface area contributed by atoms with Gasteiger partial charge in [-0.05, 0) is 116 Å². The van der Waals surface area contributed by atoms with Gasteiger partial charge in [0.1, 0.15) is 36.1 Å². The number of nitrogens with one attached hydrogen (secondary N) is 4. The number of halogens is 1. The molecule has 6 N–H and O–H groups in total. The molecule has 4 aliphatic rings. The Morgan fingerprint density at radius 1 is 0.887 bits per heavy atom. The van der Waals surface area contributed by atoms with Crippen LogP contribution in [0.15, 0.2) is 79.1 Å². The van der Waals surface area contributed by atoms with Gasteiger partial charge in [-0.2, -0.15) is 5.10 Å². The van der Waals surface area contributed by atoms with Crippen LogP contribution in [0.5, 0.6) is 5.75 Å². The third kappa shape index (κ3) is 13.3. The van der Waals surface area contributed by atoms with Gasteiger partial charge in [0, 0.05) is 68.6 Å². The Bertz CT molecular complexity index is 3070. The van der Waals surface area contributed by atoms with Crippen LogP contribution < -0.4 is 36.6 Å². The molecule has 20 heteroatoms. The molecule has 1 fully saturated rings. The topological polar surface area (TPSA) is 228 Å². The van der Waals surface area contributed by atoms with Gasteiger partial charge in [0.2, 0.25) is 23.6 Å². The lowest BCUT2D eigenvalue weighted by molar-refractivity contribution is -0.147. The summed E-state index contributed by atoms with van der Waals surface area (Å²) in [5.74, 6) is -0.747. The minimum Gasteiger partial charge on any atom is -0.491 e. The highest BCUT2D eigenvalue weighted by atomic mass is 19.1. The van der Waals surface area contributed by atoms with Crippen LogP contribution >= 0.6 is 0 Å². The number of hydrogen-bond donors (Lipinski definition) is 5. The van der Waals surface area contributed by atoms with E-state index in [9.17, 15) is 28.4 Å². The van der Waals surface area contributed by atoms with Crippen molar-refractivity contribution in [2.75, 3.05) is 70.9 Å². The van der Waals surface area contributed by atoms with Gasteiger partial charge in [-0.1, -0.05) is 51.1 Å². The molecule has 2 bridgehead atoms. The van der Waals surface area contributed by atoms with Gasteiger partial charge >= 0.3 is 0 Å². The average molecular weight is 1100 g/mol. The van der Waals surface area contributed by atoms with E-state index < -0.39 is 29.4 Å². The smallest absolute Gasteiger partial charge is 0.254 e. The molecule has 3 aliphatic heterocycles. The molecule has 9 rings (SSSR count). The number of likely N-dealkylation sites (N-methyl/N-ethyl adjacent to an activating group) is 1. The molecule has 2 aromatic heterocycles. The second kappa shape index (κ2) is 25.4. The molecule has 0 spiro atoms. The summed E-state index contributed by atoms with van der Waals surface area (Å²) in [5.41, 5.74) is 13.9. The van der Waals surface area contributed by atoms with E-state index in [0.29, 0.717) is 61.1 Å². The Labute approximate surface area is 467 Å². The van der Waals surface area contributed by atoms with E-state index in [4.69, 9.17) is 25.0 Å². The largest absolute Gasteiger partial charge is 0.491 e. The Morgan fingerprint density at radius 2 is 1.68 bits per heavy atom. The summed E-state index contributed by atoms with van der Waals surface area (Å²) >= 11 is 0. The van der Waals surface area contributed by atoms with E-state index in [1.54, 1.807) is 47.8 Å². The van der Waals surface area contributed by atoms with Gasteiger partial charge in [-0.25, -0.2) is 9.37 Å². The molecule has 5 atom stereocenters. The van der Waals surface area contributed by atoms with Gasteiger partial charge < -0.3 is 55.9 Å². The first-order valence-electron chi connectivity index (χ1n) is 27.9. The summed E-state index contributed by atoms with van der Waals surface area (Å²) in [6, 6.07) is 17.6. The van der Waals surface area contributed by atoms with Crippen LogP contribution in [-0.4, -0.2) is 132 Å². The van der Waals surface area contributed by atoms with E-state index in [0.717, 1.165) is 65.6 Å². The Morgan fingerprint density at radius 3 is 2.48 bits per heavy atom. The van der Waals surface area contributed by atoms with Crippen molar-refractivity contribution in [2.24, 2.45) is 5.41 Å². The highest BCUT2D eigenvalue weighted by molar-refractivity contribution is 5.96. The predicted molar refractivity (Wildman–Crippen MR) is 301 cm³/mol. The van der Waals surface area contributed by atoms with Crippen LogP contribution in [0.3, 0.4) is 0 Å². The number of carbonyl (C=O) groups excluding carboxylic acids is 5. The number of amides is 5. The molecule has 5 heterocycles. The molecule has 1 aliphatic carbocycles. The third-order valence-corrected chi connectivity index (χ3v) is 15.8. The van der Waals surface area contributed by atoms with Crippen molar-refractivity contribution >= 4 is 41.0 Å². The summed E-state index contributed by atoms with van der Waals surface area (Å²) in [6.45, 7) is 10.4. The Kier molecular flexibility index (Phi) is 18.2. The van der Waals surface area contributed by atoms with Crippen LogP contribution in [0.1, 0.15) is 116 Å². The number of nitrogens with two attached hydrogens (primary N) is 1. The number of ether oxygens (including phenoxy) is 3. The second-order valence-corrected chi connectivity index (χ2v) is 22.4. The van der Waals surface area contributed by atoms with Crippen LogP contribution in [0.4, 0.5) is 15.9 Å². The molecule has 0 unspecified atom stereocenters. The number of anilines is 2. The first-order chi connectivity index (χ1) is 38.5. The minimum absolute atomic E-state index is 0.150. The molecule has 19 nitrogen and oxygen atoms in total. The quantitative estimate of drug-likeness (QED) is 0.0618. The van der Waals surface area contributed by atoms with E-state index in [2.05, 4.69) is 43.3 Å². The zero-order valence-electron chi connectivity index (χ0n) is 46.8. The van der Waals surface area contributed by atoms with E-state index in [-0.39, 0.29) is 87.6 Å². The first kappa shape index (κ1) is 57.3. The predicted octanol–water partition coefficient (Wildman–Crippen LogP) is 5.80. The number of carbonyl (C=O) groups is 5. The molecular formula is C60H76FN11O8. The van der Waals surface area contributed by atoms with Crippen LogP contribution in [0.25, 0.3) is 11.1 Å². The van der Waals surface area contributed by atoms with Gasteiger partial charge in [0.15, 0.2) is 0 Å². The molecule has 5 amide bonds. The summed E-state index contributed by atoms with van der Waals surface area (Å²) in [4.78, 5) is 79.0. The molecule has 1 saturated heterocycles. The van der Waals surface area contributed by atoms with Crippen molar-refractivity contribution < 1.29 is 42.6 Å². The summed E-state index contributed by atoms with van der Waals surface area (Å²) < 4.78 is 34.0. The maximum absolute atomic E-state index is 14.7. The van der Waals surface area contributed by atoms with Crippen molar-refractivity contribution in [3.63, 3.8) is 0 Å². The lowest BCUT2D eigenvalue weighted by Gasteiger charge is -2.41. The monoisotopic (exact) mass is 1100 g/mol. The lowest BCUT2D eigenvalue weighted by Crippen LogP contribution is -2.62. The molecule has 80 heavy (non-hydrogen) atoms. The standard InChI is InChI=1S/C60H76FN11O8/c1-37(63-5)56(74)67-54(60(2,3)4)59(77)72-34-41-29-43(18-16-39(41)30-52(72)57(75)66-48-14-9-12-38-11-7-8-13-44(38)48)80-28-27-79-26-25-78-24-20-53(73)64-21-23-70-35-47-40-31-51(55(62)65-33-40)71-22-10-15-50(71)46-32-42(61)17-19-45(46)58(76)69(6)36-49(47)68-70/h7-8,11,13,16-19,29,31-33,35,37,48,50,52,54,63H,9-10,12,14-15,20-28,30,34,36H2,1-6H3,(H2,62,65)(H,64,73)(H,66,75)(H,67,74)/t37-,48+,50+,52-,54+/m0/s1. The number of aromatic nitrogens is 3. The Hall–Kier alpha value is -7.42. The normalized spacial score (nSPS) is 18.5. The minimum atomic E-state index is -0.898. The van der Waals surface area contributed by atoms with Crippen molar-refractivity contribution in [3.05, 3.63) is 124 Å². The van der Waals surface area contributed by atoms with Crippen LogP contribution in [0.2, 0.25) is 0 Å². The zero-order valence-corrected chi connectivity index (χ0v) is 46.8.